The summed E-state index contributed by atoms with van der Waals surface area (Å²) >= 11 is 0. The van der Waals surface area contributed by atoms with Crippen molar-refractivity contribution in [3.05, 3.63) is 30.7 Å². The van der Waals surface area contributed by atoms with Gasteiger partial charge in [0.2, 0.25) is 5.89 Å². The minimum atomic E-state index is 0.454. The maximum absolute atomic E-state index is 5.03. The fraction of sp³-hybridized carbons (Fsp3) is 0.417. The lowest BCUT2D eigenvalue weighted by molar-refractivity contribution is 0.174. The Labute approximate surface area is 120 Å². The van der Waals surface area contributed by atoms with E-state index in [2.05, 4.69) is 42.3 Å². The molecule has 1 fully saturated rings. The fourth-order valence-corrected chi connectivity index (χ4v) is 2.42. The average Bonchev–Trinajstić information content (AvgIpc) is 3.07. The van der Waals surface area contributed by atoms with Crippen molar-refractivity contribution in [3.63, 3.8) is 0 Å². The van der Waals surface area contributed by atoms with Crippen LogP contribution in [0.1, 0.15) is 5.89 Å². The Bertz CT molecular complexity index is 733. The van der Waals surface area contributed by atoms with Crippen LogP contribution in [-0.2, 0) is 6.54 Å². The summed E-state index contributed by atoms with van der Waals surface area (Å²) in [5, 5.41) is 15.9. The van der Waals surface area contributed by atoms with Gasteiger partial charge in [-0.1, -0.05) is 5.16 Å². The molecule has 0 N–H and O–H groups in total. The highest BCUT2D eigenvalue weighted by Gasteiger charge is 2.31. The Kier molecular flexibility index (Phi) is 2.78. The van der Waals surface area contributed by atoms with E-state index in [4.69, 9.17) is 4.52 Å². The highest BCUT2D eigenvalue weighted by molar-refractivity contribution is 5.47. The fourth-order valence-electron chi connectivity index (χ4n) is 2.42. The van der Waals surface area contributed by atoms with E-state index < -0.39 is 0 Å². The summed E-state index contributed by atoms with van der Waals surface area (Å²) in [5.74, 6) is 1.57. The first kappa shape index (κ1) is 12.2. The van der Waals surface area contributed by atoms with Crippen LogP contribution >= 0.6 is 0 Å². The molecule has 1 aliphatic heterocycles. The normalized spacial score (nSPS) is 15.8. The van der Waals surface area contributed by atoms with Crippen molar-refractivity contribution in [3.8, 4) is 0 Å². The number of nitrogens with zero attached hydrogens (tertiary/aromatic N) is 8. The summed E-state index contributed by atoms with van der Waals surface area (Å²) in [6.07, 6.45) is 3.03. The lowest BCUT2D eigenvalue weighted by atomic mass is 10.1. The highest BCUT2D eigenvalue weighted by Crippen LogP contribution is 2.21. The molecule has 0 amide bonds. The zero-order valence-electron chi connectivity index (χ0n) is 11.5. The van der Waals surface area contributed by atoms with Crippen molar-refractivity contribution in [2.75, 3.05) is 25.0 Å². The van der Waals surface area contributed by atoms with Crippen LogP contribution in [0.3, 0.4) is 0 Å². The number of rotatable bonds is 4. The smallest absolute Gasteiger partial charge is 0.240 e. The van der Waals surface area contributed by atoms with Gasteiger partial charge in [-0.25, -0.2) is 0 Å². The number of aromatic nitrogens is 6. The van der Waals surface area contributed by atoms with Crippen LogP contribution in [-0.4, -0.2) is 61.0 Å². The van der Waals surface area contributed by atoms with E-state index in [0.29, 0.717) is 18.5 Å². The van der Waals surface area contributed by atoms with E-state index in [-0.39, 0.29) is 0 Å². The lowest BCUT2D eigenvalue weighted by Crippen LogP contribution is -2.58. The van der Waals surface area contributed by atoms with Gasteiger partial charge in [-0.3, -0.25) is 4.90 Å². The molecular formula is C12H14N8O. The molecule has 3 aromatic heterocycles. The Morgan fingerprint density at radius 3 is 3.10 bits per heavy atom. The summed E-state index contributed by atoms with van der Waals surface area (Å²) in [6.45, 7) is 2.51. The molecule has 0 saturated carbocycles. The van der Waals surface area contributed by atoms with Crippen LogP contribution in [0.25, 0.3) is 5.65 Å². The molecule has 0 radical (unpaired) electrons. The lowest BCUT2D eigenvalue weighted by Gasteiger charge is -2.44. The molecule has 0 spiro atoms. The number of likely N-dealkylation sites (N-methyl/N-ethyl adjacent to an activating group) is 1. The Morgan fingerprint density at radius 2 is 2.29 bits per heavy atom. The van der Waals surface area contributed by atoms with Gasteiger partial charge in [-0.05, 0) is 19.2 Å². The van der Waals surface area contributed by atoms with Gasteiger partial charge >= 0.3 is 0 Å². The first-order valence-corrected chi connectivity index (χ1v) is 6.67. The molecule has 4 heterocycles. The zero-order valence-corrected chi connectivity index (χ0v) is 11.5. The third kappa shape index (κ3) is 2.21. The van der Waals surface area contributed by atoms with Crippen molar-refractivity contribution in [1.82, 2.24) is 34.9 Å². The molecule has 0 unspecified atom stereocenters. The van der Waals surface area contributed by atoms with Gasteiger partial charge in [0.1, 0.15) is 12.1 Å². The summed E-state index contributed by atoms with van der Waals surface area (Å²) in [4.78, 5) is 8.47. The first-order chi connectivity index (χ1) is 10.3. The molecular weight excluding hydrogens is 272 g/mol. The molecule has 0 aromatic carbocycles. The van der Waals surface area contributed by atoms with E-state index in [0.717, 1.165) is 24.6 Å². The standard InChI is InChI=1S/C12H14N8O/c1-18(6-12-13-7-15-21-12)9-4-19(5-9)11-3-2-10-16-14-8-20(10)17-11/h2-3,7-9H,4-6H2,1H3. The monoisotopic (exact) mass is 286 g/mol. The van der Waals surface area contributed by atoms with Crippen LogP contribution < -0.4 is 4.90 Å². The van der Waals surface area contributed by atoms with Crippen LogP contribution in [0.5, 0.6) is 0 Å². The van der Waals surface area contributed by atoms with Gasteiger partial charge < -0.3 is 9.42 Å². The van der Waals surface area contributed by atoms with Crippen LogP contribution in [0.15, 0.2) is 29.3 Å². The van der Waals surface area contributed by atoms with Gasteiger partial charge in [0.05, 0.1) is 6.54 Å². The SMILES string of the molecule is CN(Cc1ncno1)C1CN(c2ccc3nncn3n2)C1. The Hall–Kier alpha value is -2.55. The highest BCUT2D eigenvalue weighted by atomic mass is 16.5. The van der Waals surface area contributed by atoms with Crippen molar-refractivity contribution in [2.24, 2.45) is 0 Å². The second-order valence-electron chi connectivity index (χ2n) is 5.13. The third-order valence-electron chi connectivity index (χ3n) is 3.75. The maximum atomic E-state index is 5.03. The van der Waals surface area contributed by atoms with E-state index in [9.17, 15) is 0 Å². The van der Waals surface area contributed by atoms with Gasteiger partial charge in [-0.2, -0.15) is 9.50 Å². The van der Waals surface area contributed by atoms with Crippen molar-refractivity contribution < 1.29 is 4.52 Å². The van der Waals surface area contributed by atoms with E-state index in [1.807, 2.05) is 12.1 Å². The van der Waals surface area contributed by atoms with E-state index >= 15 is 0 Å². The van der Waals surface area contributed by atoms with Gasteiger partial charge in [0.25, 0.3) is 0 Å². The molecule has 1 aliphatic rings. The third-order valence-corrected chi connectivity index (χ3v) is 3.75. The summed E-state index contributed by atoms with van der Waals surface area (Å²) in [6, 6.07) is 4.35. The Morgan fingerprint density at radius 1 is 1.38 bits per heavy atom. The largest absolute Gasteiger partial charge is 0.352 e. The zero-order chi connectivity index (χ0) is 14.2. The van der Waals surface area contributed by atoms with E-state index in [1.165, 1.54) is 6.33 Å². The number of hydrogen-bond acceptors (Lipinski definition) is 8. The number of anilines is 1. The van der Waals surface area contributed by atoms with Crippen LogP contribution in [0.4, 0.5) is 5.82 Å². The van der Waals surface area contributed by atoms with Crippen molar-refractivity contribution in [2.45, 2.75) is 12.6 Å². The average molecular weight is 286 g/mol. The first-order valence-electron chi connectivity index (χ1n) is 6.67. The maximum Gasteiger partial charge on any atom is 0.240 e. The molecule has 21 heavy (non-hydrogen) atoms. The van der Waals surface area contributed by atoms with Crippen molar-refractivity contribution in [1.29, 1.82) is 0 Å². The van der Waals surface area contributed by atoms with Gasteiger partial charge in [0, 0.05) is 19.1 Å². The summed E-state index contributed by atoms with van der Waals surface area (Å²) in [7, 11) is 2.06. The second kappa shape index (κ2) is 4.77. The Balaban J connectivity index is 1.39. The minimum Gasteiger partial charge on any atom is -0.352 e. The van der Waals surface area contributed by atoms with Crippen molar-refractivity contribution >= 4 is 11.5 Å². The topological polar surface area (TPSA) is 88.5 Å². The molecule has 9 nitrogen and oxygen atoms in total. The molecule has 3 aromatic rings. The van der Waals surface area contributed by atoms with Crippen LogP contribution in [0.2, 0.25) is 0 Å². The molecule has 1 saturated heterocycles. The quantitative estimate of drug-likeness (QED) is 0.653. The molecule has 0 aliphatic carbocycles. The molecule has 108 valence electrons. The van der Waals surface area contributed by atoms with Crippen LogP contribution in [0, 0.1) is 0 Å². The second-order valence-corrected chi connectivity index (χ2v) is 5.13. The number of fused-ring (bicyclic) bond motifs is 1. The van der Waals surface area contributed by atoms with Gasteiger partial charge in [-0.15, -0.1) is 15.3 Å². The molecule has 4 rings (SSSR count). The van der Waals surface area contributed by atoms with E-state index in [1.54, 1.807) is 10.8 Å². The predicted octanol–water partition coefficient (Wildman–Crippen LogP) is -0.172. The molecule has 0 bridgehead atoms. The minimum absolute atomic E-state index is 0.454. The van der Waals surface area contributed by atoms with Gasteiger partial charge in [0.15, 0.2) is 12.0 Å². The summed E-state index contributed by atoms with van der Waals surface area (Å²) < 4.78 is 6.71. The molecule has 9 heteroatoms. The number of hydrogen-bond donors (Lipinski definition) is 0. The summed E-state index contributed by atoms with van der Waals surface area (Å²) in [5.41, 5.74) is 0.754. The molecule has 0 atom stereocenters. The predicted molar refractivity (Wildman–Crippen MR) is 72.5 cm³/mol.